The molecule has 21 heavy (non-hydrogen) atoms. The molecule has 0 heterocycles. The Labute approximate surface area is 120 Å². The first-order valence-corrected chi connectivity index (χ1v) is 7.23. The van der Waals surface area contributed by atoms with Crippen LogP contribution in [0.15, 0.2) is 41.3 Å². The maximum absolute atomic E-state index is 13.5. The van der Waals surface area contributed by atoms with Crippen LogP contribution in [0.5, 0.6) is 5.75 Å². The fourth-order valence-electron chi connectivity index (χ4n) is 1.63. The average Bonchev–Trinajstić information content (AvgIpc) is 2.41. The summed E-state index contributed by atoms with van der Waals surface area (Å²) < 4.78 is 57.6. The third kappa shape index (κ3) is 3.22. The maximum Gasteiger partial charge on any atom is 0.261 e. The highest BCUT2D eigenvalue weighted by Crippen LogP contribution is 2.24. The molecule has 0 aromatic heterocycles. The quantitative estimate of drug-likeness (QED) is 0.849. The summed E-state index contributed by atoms with van der Waals surface area (Å²) >= 11 is 0. The number of halogens is 2. The molecule has 5 nitrogen and oxygen atoms in total. The SMILES string of the molecule is COc1ccc(NS(=O)(=O)c2ccc(F)c(N)c2)cc1F. The van der Waals surface area contributed by atoms with Gasteiger partial charge in [-0.2, -0.15) is 0 Å². The Kier molecular flexibility index (Phi) is 3.99. The highest BCUT2D eigenvalue weighted by Gasteiger charge is 2.16. The Bertz CT molecular complexity index is 779. The largest absolute Gasteiger partial charge is 0.494 e. The standard InChI is InChI=1S/C13H12F2N2O3S/c1-20-13-5-2-8(6-11(13)15)17-21(18,19)9-3-4-10(14)12(16)7-9/h2-7,17H,16H2,1H3. The van der Waals surface area contributed by atoms with Crippen LogP contribution in [0.1, 0.15) is 0 Å². The highest BCUT2D eigenvalue weighted by molar-refractivity contribution is 7.92. The van der Waals surface area contributed by atoms with E-state index in [0.29, 0.717) is 0 Å². The van der Waals surface area contributed by atoms with E-state index in [1.165, 1.54) is 19.2 Å². The van der Waals surface area contributed by atoms with Gasteiger partial charge in [0.2, 0.25) is 0 Å². The van der Waals surface area contributed by atoms with E-state index in [2.05, 4.69) is 4.72 Å². The molecule has 0 aliphatic carbocycles. The molecule has 0 aliphatic heterocycles. The summed E-state index contributed by atoms with van der Waals surface area (Å²) in [5.41, 5.74) is 5.05. The number of nitrogens with one attached hydrogen (secondary N) is 1. The number of sulfonamides is 1. The van der Waals surface area contributed by atoms with Crippen molar-refractivity contribution >= 4 is 21.4 Å². The van der Waals surface area contributed by atoms with E-state index in [9.17, 15) is 17.2 Å². The number of ether oxygens (including phenoxy) is 1. The van der Waals surface area contributed by atoms with Gasteiger partial charge in [0.05, 0.1) is 23.4 Å². The van der Waals surface area contributed by atoms with Crippen molar-refractivity contribution in [3.63, 3.8) is 0 Å². The van der Waals surface area contributed by atoms with Crippen LogP contribution in [0.25, 0.3) is 0 Å². The number of benzene rings is 2. The van der Waals surface area contributed by atoms with Crippen LogP contribution in [0.3, 0.4) is 0 Å². The van der Waals surface area contributed by atoms with E-state index in [4.69, 9.17) is 10.5 Å². The average molecular weight is 314 g/mol. The second-order valence-corrected chi connectivity index (χ2v) is 5.82. The van der Waals surface area contributed by atoms with E-state index in [1.54, 1.807) is 0 Å². The van der Waals surface area contributed by atoms with Crippen LogP contribution in [0.2, 0.25) is 0 Å². The summed E-state index contributed by atoms with van der Waals surface area (Å²) in [6, 6.07) is 6.59. The van der Waals surface area contributed by atoms with Gasteiger partial charge in [-0.05, 0) is 30.3 Å². The maximum atomic E-state index is 13.5. The van der Waals surface area contributed by atoms with Crippen molar-refractivity contribution in [2.24, 2.45) is 0 Å². The fourth-order valence-corrected chi connectivity index (χ4v) is 2.72. The van der Waals surface area contributed by atoms with Crippen molar-refractivity contribution in [1.29, 1.82) is 0 Å². The van der Waals surface area contributed by atoms with Crippen LogP contribution < -0.4 is 15.2 Å². The fraction of sp³-hybridized carbons (Fsp3) is 0.0769. The topological polar surface area (TPSA) is 81.4 Å². The van der Waals surface area contributed by atoms with Crippen LogP contribution in [0, 0.1) is 11.6 Å². The number of nitrogens with two attached hydrogens (primary N) is 1. The first-order chi connectivity index (χ1) is 9.83. The lowest BCUT2D eigenvalue weighted by molar-refractivity contribution is 0.386. The molecule has 2 rings (SSSR count). The van der Waals surface area contributed by atoms with E-state index < -0.39 is 21.7 Å². The summed E-state index contributed by atoms with van der Waals surface area (Å²) in [6.45, 7) is 0. The molecule has 2 aromatic carbocycles. The minimum absolute atomic E-state index is 0.0102. The highest BCUT2D eigenvalue weighted by atomic mass is 32.2. The molecular formula is C13H12F2N2O3S. The Hall–Kier alpha value is -2.35. The third-order valence-corrected chi connectivity index (χ3v) is 4.06. The van der Waals surface area contributed by atoms with Crippen LogP contribution >= 0.6 is 0 Å². The number of methoxy groups -OCH3 is 1. The van der Waals surface area contributed by atoms with Gasteiger partial charge in [-0.3, -0.25) is 4.72 Å². The molecular weight excluding hydrogens is 302 g/mol. The second kappa shape index (κ2) is 5.57. The van der Waals surface area contributed by atoms with E-state index in [1.807, 2.05) is 0 Å². The van der Waals surface area contributed by atoms with Gasteiger partial charge in [-0.25, -0.2) is 17.2 Å². The van der Waals surface area contributed by atoms with Gasteiger partial charge in [0.1, 0.15) is 5.82 Å². The second-order valence-electron chi connectivity index (χ2n) is 4.14. The molecule has 0 radical (unpaired) electrons. The Morgan fingerprint density at radius 3 is 2.38 bits per heavy atom. The first kappa shape index (κ1) is 15.0. The molecule has 0 atom stereocenters. The van der Waals surface area contributed by atoms with Gasteiger partial charge in [-0.15, -0.1) is 0 Å². The third-order valence-electron chi connectivity index (χ3n) is 2.68. The molecule has 0 amide bonds. The monoisotopic (exact) mass is 314 g/mol. The molecule has 2 aromatic rings. The van der Waals surface area contributed by atoms with Crippen molar-refractivity contribution in [2.45, 2.75) is 4.90 Å². The van der Waals surface area contributed by atoms with Crippen molar-refractivity contribution in [1.82, 2.24) is 0 Å². The predicted octanol–water partition coefficient (Wildman–Crippen LogP) is 2.36. The molecule has 3 N–H and O–H groups in total. The van der Waals surface area contributed by atoms with Gasteiger partial charge in [0.25, 0.3) is 10.0 Å². The Balaban J connectivity index is 2.32. The Morgan fingerprint density at radius 2 is 1.81 bits per heavy atom. The van der Waals surface area contributed by atoms with Gasteiger partial charge >= 0.3 is 0 Å². The molecule has 0 bridgehead atoms. The zero-order valence-corrected chi connectivity index (χ0v) is 11.7. The van der Waals surface area contributed by atoms with Crippen LogP contribution in [0.4, 0.5) is 20.2 Å². The smallest absolute Gasteiger partial charge is 0.261 e. The van der Waals surface area contributed by atoms with E-state index in [0.717, 1.165) is 24.3 Å². The predicted molar refractivity (Wildman–Crippen MR) is 74.6 cm³/mol. The summed E-state index contributed by atoms with van der Waals surface area (Å²) in [7, 11) is -2.70. The van der Waals surface area contributed by atoms with Crippen LogP contribution in [-0.4, -0.2) is 15.5 Å². The zero-order valence-electron chi connectivity index (χ0n) is 10.9. The summed E-state index contributed by atoms with van der Waals surface area (Å²) in [5.74, 6) is -1.44. The molecule has 112 valence electrons. The minimum Gasteiger partial charge on any atom is -0.494 e. The lowest BCUT2D eigenvalue weighted by Crippen LogP contribution is -2.13. The lowest BCUT2D eigenvalue weighted by atomic mass is 10.3. The van der Waals surface area contributed by atoms with Gasteiger partial charge < -0.3 is 10.5 Å². The van der Waals surface area contributed by atoms with E-state index in [-0.39, 0.29) is 22.0 Å². The van der Waals surface area contributed by atoms with Crippen molar-refractivity contribution < 1.29 is 21.9 Å². The van der Waals surface area contributed by atoms with Crippen molar-refractivity contribution in [2.75, 3.05) is 17.6 Å². The lowest BCUT2D eigenvalue weighted by Gasteiger charge is -2.10. The van der Waals surface area contributed by atoms with E-state index >= 15 is 0 Å². The number of nitrogen functional groups attached to an aromatic ring is 1. The summed E-state index contributed by atoms with van der Waals surface area (Å²) in [5, 5.41) is 0. The van der Waals surface area contributed by atoms with Gasteiger partial charge in [-0.1, -0.05) is 0 Å². The molecule has 8 heteroatoms. The number of hydrogen-bond acceptors (Lipinski definition) is 4. The number of anilines is 2. The molecule has 0 unspecified atom stereocenters. The van der Waals surface area contributed by atoms with Crippen molar-refractivity contribution in [3.05, 3.63) is 48.0 Å². The zero-order chi connectivity index (χ0) is 15.6. The van der Waals surface area contributed by atoms with Crippen LogP contribution in [-0.2, 0) is 10.0 Å². The van der Waals surface area contributed by atoms with Gasteiger partial charge in [0.15, 0.2) is 11.6 Å². The number of rotatable bonds is 4. The van der Waals surface area contributed by atoms with Crippen molar-refractivity contribution in [3.8, 4) is 5.75 Å². The molecule has 0 saturated heterocycles. The van der Waals surface area contributed by atoms with Gasteiger partial charge in [0, 0.05) is 6.07 Å². The minimum atomic E-state index is -3.99. The normalized spacial score (nSPS) is 11.2. The number of hydrogen-bond donors (Lipinski definition) is 2. The Morgan fingerprint density at radius 1 is 1.10 bits per heavy atom. The molecule has 0 aliphatic rings. The summed E-state index contributed by atoms with van der Waals surface area (Å²) in [6.07, 6.45) is 0. The molecule has 0 saturated carbocycles. The molecule has 0 fully saturated rings. The summed E-state index contributed by atoms with van der Waals surface area (Å²) in [4.78, 5) is -0.224. The molecule has 0 spiro atoms. The first-order valence-electron chi connectivity index (χ1n) is 5.75.